The number of amides is 2. The van der Waals surface area contributed by atoms with Crippen LogP contribution in [0.2, 0.25) is 0 Å². The summed E-state index contributed by atoms with van der Waals surface area (Å²) in [5.74, 6) is -0.521. The van der Waals surface area contributed by atoms with Crippen LogP contribution in [0.1, 0.15) is 43.9 Å². The molecule has 0 radical (unpaired) electrons. The summed E-state index contributed by atoms with van der Waals surface area (Å²) in [7, 11) is 1.28. The second-order valence-corrected chi connectivity index (χ2v) is 10.8. The molecular formula is C32H33FN4O7. The van der Waals surface area contributed by atoms with Gasteiger partial charge in [0.1, 0.15) is 17.4 Å². The Labute approximate surface area is 253 Å². The van der Waals surface area contributed by atoms with Crippen LogP contribution in [0, 0.1) is 11.7 Å². The zero-order valence-corrected chi connectivity index (χ0v) is 24.5. The molecule has 2 unspecified atom stereocenters. The number of methoxy groups -OCH3 is 1. The van der Waals surface area contributed by atoms with E-state index in [-0.39, 0.29) is 37.5 Å². The number of nitrogens with one attached hydrogen (secondary N) is 3. The molecule has 0 fully saturated rings. The molecule has 0 aliphatic carbocycles. The number of benzene rings is 3. The average Bonchev–Trinajstić information content (AvgIpc) is 3.61. The fraction of sp³-hybridized carbons (Fsp3) is 0.312. The zero-order chi connectivity index (χ0) is 31.2. The first-order valence-corrected chi connectivity index (χ1v) is 14.1. The number of esters is 1. The third kappa shape index (κ3) is 7.63. The van der Waals surface area contributed by atoms with Gasteiger partial charge in [-0.3, -0.25) is 14.4 Å². The van der Waals surface area contributed by atoms with Crippen molar-refractivity contribution >= 4 is 40.6 Å². The van der Waals surface area contributed by atoms with Crippen molar-refractivity contribution in [2.75, 3.05) is 19.2 Å². The van der Waals surface area contributed by atoms with Gasteiger partial charge in [-0.2, -0.15) is 4.98 Å². The lowest BCUT2D eigenvalue weighted by atomic mass is 9.99. The van der Waals surface area contributed by atoms with Crippen molar-refractivity contribution in [1.29, 1.82) is 0 Å². The smallest absolute Gasteiger partial charge is 0.307 e. The van der Waals surface area contributed by atoms with Gasteiger partial charge in [0.2, 0.25) is 18.6 Å². The molecule has 1 aliphatic heterocycles. The Hall–Kier alpha value is -5.13. The number of carbonyl (C=O) groups excluding carboxylic acids is 3. The minimum Gasteiger partial charge on any atom is -0.469 e. The van der Waals surface area contributed by atoms with Gasteiger partial charge in [-0.05, 0) is 65.9 Å². The molecular weight excluding hydrogens is 571 g/mol. The number of nitrogens with zero attached hydrogens (tertiary/aromatic N) is 1. The van der Waals surface area contributed by atoms with Gasteiger partial charge in [-0.1, -0.05) is 32.0 Å². The molecule has 2 amide bonds. The van der Waals surface area contributed by atoms with Gasteiger partial charge in [0, 0.05) is 5.69 Å². The number of oxazole rings is 1. The molecule has 0 spiro atoms. The van der Waals surface area contributed by atoms with Crippen LogP contribution in [-0.2, 0) is 25.5 Å². The summed E-state index contributed by atoms with van der Waals surface area (Å²) < 4.78 is 35.0. The Morgan fingerprint density at radius 2 is 1.82 bits per heavy atom. The van der Waals surface area contributed by atoms with Crippen LogP contribution in [0.5, 0.6) is 11.5 Å². The lowest BCUT2D eigenvalue weighted by Gasteiger charge is -2.24. The normalized spacial score (nSPS) is 13.4. The molecule has 1 aromatic heterocycles. The van der Waals surface area contributed by atoms with Crippen molar-refractivity contribution in [2.24, 2.45) is 5.92 Å². The largest absolute Gasteiger partial charge is 0.469 e. The number of fused-ring (bicyclic) bond motifs is 2. The molecule has 12 heteroatoms. The predicted molar refractivity (Wildman–Crippen MR) is 159 cm³/mol. The third-order valence-corrected chi connectivity index (χ3v) is 6.97. The summed E-state index contributed by atoms with van der Waals surface area (Å²) in [5, 5.41) is 8.68. The quantitative estimate of drug-likeness (QED) is 0.192. The van der Waals surface area contributed by atoms with Gasteiger partial charge in [-0.15, -0.1) is 0 Å². The number of ether oxygens (including phenoxy) is 3. The molecule has 11 nitrogen and oxygen atoms in total. The van der Waals surface area contributed by atoms with Gasteiger partial charge < -0.3 is 34.6 Å². The molecule has 0 bridgehead atoms. The van der Waals surface area contributed by atoms with Gasteiger partial charge in [0.25, 0.3) is 6.01 Å². The number of anilines is 2. The van der Waals surface area contributed by atoms with Crippen molar-refractivity contribution < 1.29 is 37.4 Å². The lowest BCUT2D eigenvalue weighted by molar-refractivity contribution is -0.141. The van der Waals surface area contributed by atoms with Crippen molar-refractivity contribution in [2.45, 2.75) is 45.2 Å². The zero-order valence-electron chi connectivity index (χ0n) is 24.5. The molecule has 44 heavy (non-hydrogen) atoms. The van der Waals surface area contributed by atoms with Crippen molar-refractivity contribution in [3.8, 4) is 11.5 Å². The lowest BCUT2D eigenvalue weighted by Crippen LogP contribution is -2.49. The Morgan fingerprint density at radius 1 is 1.00 bits per heavy atom. The number of hydrogen-bond acceptors (Lipinski definition) is 9. The molecule has 0 saturated carbocycles. The standard InChI is InChI=1S/C32H33FN4O7/c1-18(2)11-25(31(40)36-24(16-30(39)41-3)20-8-10-26-28(14-20)43-17-42-26)35-29(38)13-19-7-9-23-27(12-19)44-32(37-23)34-22-6-4-5-21(33)15-22/h4-10,12,14-15,18,24-25H,11,13,16-17H2,1-3H3,(H,34,37)(H,35,38)(H,36,40). The van der Waals surface area contributed by atoms with E-state index in [1.54, 1.807) is 48.5 Å². The van der Waals surface area contributed by atoms with E-state index in [1.165, 1.54) is 19.2 Å². The second kappa shape index (κ2) is 13.4. The van der Waals surface area contributed by atoms with Crippen LogP contribution in [-0.4, -0.2) is 42.7 Å². The number of halogens is 1. The molecule has 1 aliphatic rings. The Kier molecular flexibility index (Phi) is 9.27. The van der Waals surface area contributed by atoms with Crippen LogP contribution in [0.15, 0.2) is 65.1 Å². The number of aromatic nitrogens is 1. The summed E-state index contributed by atoms with van der Waals surface area (Å²) in [6.45, 7) is 3.98. The minimum atomic E-state index is -0.854. The monoisotopic (exact) mass is 604 g/mol. The van der Waals surface area contributed by atoms with Crippen LogP contribution < -0.4 is 25.4 Å². The molecule has 5 rings (SSSR count). The van der Waals surface area contributed by atoms with Crippen molar-refractivity contribution in [3.63, 3.8) is 0 Å². The molecule has 0 saturated heterocycles. The van der Waals surface area contributed by atoms with Crippen LogP contribution >= 0.6 is 0 Å². The first kappa shape index (κ1) is 30.3. The number of carbonyl (C=O) groups is 3. The van der Waals surface area contributed by atoms with E-state index in [4.69, 9.17) is 18.6 Å². The summed E-state index contributed by atoms with van der Waals surface area (Å²) in [4.78, 5) is 43.2. The van der Waals surface area contributed by atoms with E-state index >= 15 is 0 Å². The maximum Gasteiger partial charge on any atom is 0.307 e. The molecule has 3 N–H and O–H groups in total. The van der Waals surface area contributed by atoms with Gasteiger partial charge in [-0.25, -0.2) is 4.39 Å². The predicted octanol–water partition coefficient (Wildman–Crippen LogP) is 4.93. The molecule has 230 valence electrons. The highest BCUT2D eigenvalue weighted by molar-refractivity contribution is 5.89. The Balaban J connectivity index is 1.26. The highest BCUT2D eigenvalue weighted by Crippen LogP contribution is 2.35. The van der Waals surface area contributed by atoms with Crippen LogP contribution in [0.25, 0.3) is 11.1 Å². The van der Waals surface area contributed by atoms with E-state index in [1.807, 2.05) is 13.8 Å². The summed E-state index contributed by atoms with van der Waals surface area (Å²) in [6.07, 6.45) is 0.246. The number of hydrogen-bond donors (Lipinski definition) is 3. The first-order chi connectivity index (χ1) is 21.2. The first-order valence-electron chi connectivity index (χ1n) is 14.1. The van der Waals surface area contributed by atoms with Crippen LogP contribution in [0.3, 0.4) is 0 Å². The number of rotatable bonds is 12. The molecule has 2 atom stereocenters. The summed E-state index contributed by atoms with van der Waals surface area (Å²) in [6, 6.07) is 14.9. The van der Waals surface area contributed by atoms with Gasteiger partial charge >= 0.3 is 5.97 Å². The highest BCUT2D eigenvalue weighted by atomic mass is 19.1. The van der Waals surface area contributed by atoms with Gasteiger partial charge in [0.15, 0.2) is 17.1 Å². The Morgan fingerprint density at radius 3 is 2.59 bits per heavy atom. The molecule has 4 aromatic rings. The van der Waals surface area contributed by atoms with E-state index in [0.29, 0.717) is 45.8 Å². The molecule has 2 heterocycles. The van der Waals surface area contributed by atoms with E-state index < -0.39 is 29.8 Å². The van der Waals surface area contributed by atoms with Crippen molar-refractivity contribution in [1.82, 2.24) is 15.6 Å². The van der Waals surface area contributed by atoms with E-state index in [9.17, 15) is 18.8 Å². The molecule has 3 aromatic carbocycles. The third-order valence-electron chi connectivity index (χ3n) is 6.97. The SMILES string of the molecule is COC(=O)CC(NC(=O)C(CC(C)C)NC(=O)Cc1ccc2nc(Nc3cccc(F)c3)oc2c1)c1ccc2c(c1)OCO2. The van der Waals surface area contributed by atoms with Gasteiger partial charge in [0.05, 0.1) is 26.0 Å². The summed E-state index contributed by atoms with van der Waals surface area (Å²) in [5.41, 5.74) is 2.77. The second-order valence-electron chi connectivity index (χ2n) is 10.8. The van der Waals surface area contributed by atoms with E-state index in [2.05, 4.69) is 20.9 Å². The minimum absolute atomic E-state index is 0.0150. The fourth-order valence-corrected chi connectivity index (χ4v) is 4.86. The highest BCUT2D eigenvalue weighted by Gasteiger charge is 2.28. The topological polar surface area (TPSA) is 141 Å². The average molecular weight is 605 g/mol. The van der Waals surface area contributed by atoms with Crippen LogP contribution in [0.4, 0.5) is 16.1 Å². The fourth-order valence-electron chi connectivity index (χ4n) is 4.86. The van der Waals surface area contributed by atoms with Crippen molar-refractivity contribution in [3.05, 3.63) is 77.6 Å². The van der Waals surface area contributed by atoms with E-state index in [0.717, 1.165) is 0 Å². The maximum absolute atomic E-state index is 13.5. The maximum atomic E-state index is 13.5. The Bertz CT molecular complexity index is 1670. The summed E-state index contributed by atoms with van der Waals surface area (Å²) >= 11 is 0.